The fourth-order valence-electron chi connectivity index (χ4n) is 2.38. The quantitative estimate of drug-likeness (QED) is 0.682. The summed E-state index contributed by atoms with van der Waals surface area (Å²) in [7, 11) is 0. The first-order valence-corrected chi connectivity index (χ1v) is 9.39. The minimum absolute atomic E-state index is 0.119. The standard InChI is InChI=1S/C14H16N6O2S2/c1-9-7-23-13(16-9)11(5-15)12(21)8-24-14-17-18-19-20(14)6-10-3-2-4-22-10/h7,10-11H,2-4,6,8H2,1H3/t10-,11+/m1/s1. The molecule has 1 saturated heterocycles. The van der Waals surface area contributed by atoms with Gasteiger partial charge in [-0.05, 0) is 30.2 Å². The van der Waals surface area contributed by atoms with Gasteiger partial charge in [0.2, 0.25) is 5.16 Å². The van der Waals surface area contributed by atoms with Crippen molar-refractivity contribution in [2.45, 2.75) is 43.5 Å². The van der Waals surface area contributed by atoms with Crippen LogP contribution < -0.4 is 0 Å². The fraction of sp³-hybridized carbons (Fsp3) is 0.571. The monoisotopic (exact) mass is 364 g/mol. The highest BCUT2D eigenvalue weighted by atomic mass is 32.2. The molecule has 0 aromatic carbocycles. The number of thioether (sulfide) groups is 1. The minimum Gasteiger partial charge on any atom is -0.376 e. The Labute approximate surface area is 147 Å². The fourth-order valence-corrected chi connectivity index (χ4v) is 4.04. The maximum Gasteiger partial charge on any atom is 0.209 e. The second-order valence-corrected chi connectivity index (χ2v) is 7.26. The first kappa shape index (κ1) is 17.0. The molecule has 1 aliphatic heterocycles. The van der Waals surface area contributed by atoms with Gasteiger partial charge in [0.15, 0.2) is 11.7 Å². The Bertz CT molecular complexity index is 747. The molecule has 24 heavy (non-hydrogen) atoms. The van der Waals surface area contributed by atoms with Gasteiger partial charge in [0, 0.05) is 17.7 Å². The van der Waals surface area contributed by atoms with E-state index in [0.717, 1.165) is 25.1 Å². The van der Waals surface area contributed by atoms with Crippen molar-refractivity contribution >= 4 is 28.9 Å². The summed E-state index contributed by atoms with van der Waals surface area (Å²) >= 11 is 2.57. The number of nitriles is 1. The Morgan fingerprint density at radius 3 is 3.21 bits per heavy atom. The molecule has 0 saturated carbocycles. The molecular formula is C14H16N6O2S2. The molecule has 1 fully saturated rings. The molecule has 3 rings (SSSR count). The lowest BCUT2D eigenvalue weighted by molar-refractivity contribution is -0.116. The van der Waals surface area contributed by atoms with E-state index in [9.17, 15) is 10.1 Å². The van der Waals surface area contributed by atoms with Crippen LogP contribution in [0.15, 0.2) is 10.5 Å². The van der Waals surface area contributed by atoms with Gasteiger partial charge in [-0.3, -0.25) is 4.79 Å². The molecule has 2 aromatic rings. The van der Waals surface area contributed by atoms with E-state index in [-0.39, 0.29) is 17.6 Å². The number of ketones is 1. The van der Waals surface area contributed by atoms with Crippen molar-refractivity contribution in [1.29, 1.82) is 5.26 Å². The Kier molecular flexibility index (Phi) is 5.55. The van der Waals surface area contributed by atoms with Crippen LogP contribution in [0.4, 0.5) is 0 Å². The summed E-state index contributed by atoms with van der Waals surface area (Å²) in [4.78, 5) is 16.6. The molecule has 0 N–H and O–H groups in total. The zero-order valence-electron chi connectivity index (χ0n) is 13.1. The molecule has 0 aliphatic carbocycles. The van der Waals surface area contributed by atoms with E-state index in [1.807, 2.05) is 18.4 Å². The molecule has 0 bridgehead atoms. The van der Waals surface area contributed by atoms with Crippen LogP contribution >= 0.6 is 23.1 Å². The van der Waals surface area contributed by atoms with Gasteiger partial charge >= 0.3 is 0 Å². The van der Waals surface area contributed by atoms with Gasteiger partial charge < -0.3 is 4.74 Å². The minimum atomic E-state index is -0.835. The zero-order valence-corrected chi connectivity index (χ0v) is 14.7. The molecule has 10 heteroatoms. The second kappa shape index (κ2) is 7.83. The highest BCUT2D eigenvalue weighted by Gasteiger charge is 2.25. The number of ether oxygens (including phenoxy) is 1. The van der Waals surface area contributed by atoms with Crippen molar-refractivity contribution in [3.63, 3.8) is 0 Å². The van der Waals surface area contributed by atoms with Crippen LogP contribution in [-0.4, -0.2) is 49.4 Å². The lowest BCUT2D eigenvalue weighted by Gasteiger charge is -2.10. The van der Waals surface area contributed by atoms with E-state index in [1.165, 1.54) is 23.1 Å². The van der Waals surface area contributed by atoms with Gasteiger partial charge in [-0.1, -0.05) is 11.8 Å². The van der Waals surface area contributed by atoms with E-state index >= 15 is 0 Å². The van der Waals surface area contributed by atoms with Crippen LogP contribution in [0.2, 0.25) is 0 Å². The van der Waals surface area contributed by atoms with E-state index < -0.39 is 5.92 Å². The van der Waals surface area contributed by atoms with E-state index in [4.69, 9.17) is 4.74 Å². The van der Waals surface area contributed by atoms with Crippen LogP contribution in [0.5, 0.6) is 0 Å². The summed E-state index contributed by atoms with van der Waals surface area (Å²) in [5, 5.41) is 23.8. The Morgan fingerprint density at radius 2 is 2.54 bits per heavy atom. The summed E-state index contributed by atoms with van der Waals surface area (Å²) in [6.45, 7) is 3.19. The SMILES string of the molecule is Cc1csc([C@@H](C#N)C(=O)CSc2nnnn2C[C@H]2CCCO2)n1. The number of carbonyl (C=O) groups is 1. The van der Waals surface area contributed by atoms with Gasteiger partial charge in [-0.25, -0.2) is 9.67 Å². The van der Waals surface area contributed by atoms with Gasteiger partial charge in [0.25, 0.3) is 0 Å². The van der Waals surface area contributed by atoms with Crippen molar-refractivity contribution in [3.05, 3.63) is 16.1 Å². The molecule has 126 valence electrons. The van der Waals surface area contributed by atoms with Gasteiger partial charge in [-0.15, -0.1) is 16.4 Å². The Balaban J connectivity index is 1.60. The maximum atomic E-state index is 12.4. The van der Waals surface area contributed by atoms with E-state index in [2.05, 4.69) is 20.5 Å². The number of hydrogen-bond donors (Lipinski definition) is 0. The normalized spacial score (nSPS) is 18.4. The molecular weight excluding hydrogens is 348 g/mol. The van der Waals surface area contributed by atoms with Crippen LogP contribution in [0.1, 0.15) is 29.5 Å². The van der Waals surface area contributed by atoms with Crippen LogP contribution in [0.25, 0.3) is 0 Å². The van der Waals surface area contributed by atoms with Gasteiger partial charge in [0.1, 0.15) is 5.01 Å². The van der Waals surface area contributed by atoms with Crippen molar-refractivity contribution in [3.8, 4) is 6.07 Å². The number of aromatic nitrogens is 5. The van der Waals surface area contributed by atoms with E-state index in [0.29, 0.717) is 16.7 Å². The predicted octanol–water partition coefficient (Wildman–Crippen LogP) is 1.59. The number of aryl methyl sites for hydroxylation is 1. The maximum absolute atomic E-state index is 12.4. The molecule has 0 amide bonds. The second-order valence-electron chi connectivity index (χ2n) is 5.42. The van der Waals surface area contributed by atoms with Crippen LogP contribution in [0, 0.1) is 18.3 Å². The summed E-state index contributed by atoms with van der Waals surface area (Å²) in [5.41, 5.74) is 0.816. The first-order chi connectivity index (χ1) is 11.7. The number of rotatable bonds is 7. The number of carbonyl (C=O) groups excluding carboxylic acids is 1. The Morgan fingerprint density at radius 1 is 1.67 bits per heavy atom. The lowest BCUT2D eigenvalue weighted by Crippen LogP contribution is -2.18. The molecule has 3 heterocycles. The number of hydrogen-bond acceptors (Lipinski definition) is 9. The summed E-state index contributed by atoms with van der Waals surface area (Å²) in [6.07, 6.45) is 2.15. The van der Waals surface area contributed by atoms with Gasteiger partial charge in [0.05, 0.1) is 24.5 Å². The van der Waals surface area contributed by atoms with Crippen LogP contribution in [-0.2, 0) is 16.1 Å². The zero-order chi connectivity index (χ0) is 16.9. The topological polar surface area (TPSA) is 107 Å². The smallest absolute Gasteiger partial charge is 0.209 e. The molecule has 2 atom stereocenters. The lowest BCUT2D eigenvalue weighted by atomic mass is 10.1. The third kappa shape index (κ3) is 3.98. The van der Waals surface area contributed by atoms with Crippen molar-refractivity contribution in [2.24, 2.45) is 0 Å². The van der Waals surface area contributed by atoms with Crippen molar-refractivity contribution in [2.75, 3.05) is 12.4 Å². The molecule has 0 unspecified atom stereocenters. The highest BCUT2D eigenvalue weighted by Crippen LogP contribution is 2.24. The summed E-state index contributed by atoms with van der Waals surface area (Å²) in [6, 6.07) is 2.04. The van der Waals surface area contributed by atoms with Gasteiger partial charge in [-0.2, -0.15) is 5.26 Å². The van der Waals surface area contributed by atoms with E-state index in [1.54, 1.807) is 4.68 Å². The number of Topliss-reactive ketones (excluding diaryl/α,β-unsaturated/α-hetero) is 1. The number of tetrazole rings is 1. The third-order valence-electron chi connectivity index (χ3n) is 3.58. The number of thiazole rings is 1. The van der Waals surface area contributed by atoms with Crippen molar-refractivity contribution in [1.82, 2.24) is 25.2 Å². The average molecular weight is 364 g/mol. The van der Waals surface area contributed by atoms with Crippen LogP contribution in [0.3, 0.4) is 0 Å². The molecule has 0 radical (unpaired) electrons. The summed E-state index contributed by atoms with van der Waals surface area (Å²) in [5.74, 6) is -0.898. The third-order valence-corrected chi connectivity index (χ3v) is 5.58. The Hall–Kier alpha value is -1.83. The summed E-state index contributed by atoms with van der Waals surface area (Å²) < 4.78 is 7.24. The average Bonchev–Trinajstić information content (AvgIpc) is 3.30. The largest absolute Gasteiger partial charge is 0.376 e. The van der Waals surface area contributed by atoms with Crippen molar-refractivity contribution < 1.29 is 9.53 Å². The predicted molar refractivity (Wildman–Crippen MR) is 87.7 cm³/mol. The first-order valence-electron chi connectivity index (χ1n) is 7.52. The number of nitrogens with zero attached hydrogens (tertiary/aromatic N) is 6. The molecule has 2 aromatic heterocycles. The highest BCUT2D eigenvalue weighted by molar-refractivity contribution is 7.99. The molecule has 1 aliphatic rings. The molecule has 0 spiro atoms. The molecule has 8 nitrogen and oxygen atoms in total.